The van der Waals surface area contributed by atoms with Crippen LogP contribution in [0.2, 0.25) is 0 Å². The van der Waals surface area contributed by atoms with Crippen molar-refractivity contribution in [1.82, 2.24) is 10.3 Å². The lowest BCUT2D eigenvalue weighted by Gasteiger charge is -2.10. The lowest BCUT2D eigenvalue weighted by molar-refractivity contribution is -0.120. The molecule has 0 saturated carbocycles. The number of amides is 1. The molecule has 0 spiro atoms. The van der Waals surface area contributed by atoms with Gasteiger partial charge in [0.2, 0.25) is 5.91 Å². The second-order valence-corrected chi connectivity index (χ2v) is 8.91. The number of thioether (sulfide) groups is 1. The smallest absolute Gasteiger partial charge is 0.224 e. The fourth-order valence-corrected chi connectivity index (χ4v) is 4.83. The first kappa shape index (κ1) is 22.8. The third kappa shape index (κ3) is 5.34. The first-order chi connectivity index (χ1) is 16.1. The van der Waals surface area contributed by atoms with E-state index in [0.717, 1.165) is 28.1 Å². The number of fused-ring (bicyclic) bond motifs is 1. The van der Waals surface area contributed by atoms with Gasteiger partial charge in [0.25, 0.3) is 0 Å². The summed E-state index contributed by atoms with van der Waals surface area (Å²) >= 11 is 1.76. The third-order valence-corrected chi connectivity index (χ3v) is 6.60. The van der Waals surface area contributed by atoms with Crippen LogP contribution in [0.5, 0.6) is 11.5 Å². The molecule has 4 aromatic rings. The summed E-state index contributed by atoms with van der Waals surface area (Å²) in [5.74, 6) is 2.04. The molecular weight excluding hydrogens is 432 g/mol. The molecule has 6 heteroatoms. The van der Waals surface area contributed by atoms with Crippen molar-refractivity contribution < 1.29 is 14.3 Å². The van der Waals surface area contributed by atoms with Crippen LogP contribution >= 0.6 is 11.8 Å². The predicted octanol–water partition coefficient (Wildman–Crippen LogP) is 5.61. The number of ether oxygens (including phenoxy) is 2. The minimum absolute atomic E-state index is 0.0134. The number of aromatic nitrogens is 1. The maximum Gasteiger partial charge on any atom is 0.224 e. The van der Waals surface area contributed by atoms with E-state index < -0.39 is 0 Å². The molecule has 0 aliphatic heterocycles. The molecule has 0 saturated heterocycles. The van der Waals surface area contributed by atoms with Gasteiger partial charge in [-0.25, -0.2) is 0 Å². The Hall–Kier alpha value is -3.38. The molecule has 0 atom stereocenters. The first-order valence-electron chi connectivity index (χ1n) is 10.9. The number of methoxy groups -OCH3 is 2. The van der Waals surface area contributed by atoms with Crippen LogP contribution in [0.3, 0.4) is 0 Å². The van der Waals surface area contributed by atoms with Crippen LogP contribution in [0.1, 0.15) is 11.1 Å². The average molecular weight is 461 g/mol. The van der Waals surface area contributed by atoms with Crippen LogP contribution in [-0.2, 0) is 11.2 Å². The quantitative estimate of drug-likeness (QED) is 0.252. The molecule has 170 valence electrons. The van der Waals surface area contributed by atoms with Crippen molar-refractivity contribution in [3.63, 3.8) is 0 Å². The van der Waals surface area contributed by atoms with Gasteiger partial charge in [-0.3, -0.25) is 4.79 Å². The number of aryl methyl sites for hydroxylation is 1. The maximum absolute atomic E-state index is 12.5. The zero-order valence-electron chi connectivity index (χ0n) is 19.1. The Morgan fingerprint density at radius 1 is 0.970 bits per heavy atom. The topological polar surface area (TPSA) is 63.3 Å². The van der Waals surface area contributed by atoms with Gasteiger partial charge in [0, 0.05) is 28.1 Å². The van der Waals surface area contributed by atoms with E-state index in [2.05, 4.69) is 59.7 Å². The molecule has 0 aliphatic carbocycles. The molecule has 0 aliphatic rings. The van der Waals surface area contributed by atoms with E-state index >= 15 is 0 Å². The zero-order chi connectivity index (χ0) is 23.2. The van der Waals surface area contributed by atoms with Crippen molar-refractivity contribution in [3.8, 4) is 22.8 Å². The number of aromatic amines is 1. The van der Waals surface area contributed by atoms with Crippen molar-refractivity contribution in [2.75, 3.05) is 26.5 Å². The molecule has 1 heterocycles. The molecule has 33 heavy (non-hydrogen) atoms. The van der Waals surface area contributed by atoms with Gasteiger partial charge in [0.05, 0.1) is 26.3 Å². The van der Waals surface area contributed by atoms with Gasteiger partial charge in [0.1, 0.15) is 0 Å². The summed E-state index contributed by atoms with van der Waals surface area (Å²) in [7, 11) is 3.19. The molecule has 0 bridgehead atoms. The highest BCUT2D eigenvalue weighted by atomic mass is 32.2. The van der Waals surface area contributed by atoms with Crippen molar-refractivity contribution in [2.24, 2.45) is 0 Å². The lowest BCUT2D eigenvalue weighted by Crippen LogP contribution is -2.27. The summed E-state index contributed by atoms with van der Waals surface area (Å²) in [4.78, 5) is 17.2. The monoisotopic (exact) mass is 460 g/mol. The molecular formula is C27H28N2O3S. The van der Waals surface area contributed by atoms with Crippen molar-refractivity contribution in [3.05, 3.63) is 77.9 Å². The van der Waals surface area contributed by atoms with Gasteiger partial charge in [-0.05, 0) is 36.2 Å². The molecule has 1 aromatic heterocycles. The van der Waals surface area contributed by atoms with Crippen LogP contribution in [0.4, 0.5) is 0 Å². The number of H-pyrrole nitrogens is 1. The molecule has 0 fully saturated rings. The van der Waals surface area contributed by atoms with Gasteiger partial charge < -0.3 is 19.8 Å². The molecule has 0 radical (unpaired) electrons. The Labute approximate surface area is 198 Å². The number of carbonyl (C=O) groups is 1. The first-order valence-corrected chi connectivity index (χ1v) is 11.9. The Kier molecular flexibility index (Phi) is 7.25. The number of benzene rings is 3. The predicted molar refractivity (Wildman–Crippen MR) is 135 cm³/mol. The molecule has 0 unspecified atom stereocenters. The van der Waals surface area contributed by atoms with Crippen molar-refractivity contribution in [2.45, 2.75) is 18.2 Å². The van der Waals surface area contributed by atoms with Crippen molar-refractivity contribution in [1.29, 1.82) is 0 Å². The zero-order valence-corrected chi connectivity index (χ0v) is 19.9. The average Bonchev–Trinajstić information content (AvgIpc) is 3.20. The van der Waals surface area contributed by atoms with Crippen LogP contribution in [-0.4, -0.2) is 37.4 Å². The van der Waals surface area contributed by atoms with Gasteiger partial charge in [-0.15, -0.1) is 11.8 Å². The molecule has 4 rings (SSSR count). The summed E-state index contributed by atoms with van der Waals surface area (Å²) in [5, 5.41) is 4.24. The minimum atomic E-state index is -0.0134. The molecule has 3 aromatic carbocycles. The van der Waals surface area contributed by atoms with E-state index in [1.807, 2.05) is 24.3 Å². The summed E-state index contributed by atoms with van der Waals surface area (Å²) in [6, 6.07) is 22.4. The van der Waals surface area contributed by atoms with Crippen molar-refractivity contribution >= 4 is 28.6 Å². The SMILES string of the molecule is COc1ccc(CC(=O)NCCSc2c(-c3ccc(C)cc3)[nH]c3ccccc23)cc1OC. The maximum atomic E-state index is 12.5. The summed E-state index contributed by atoms with van der Waals surface area (Å²) in [6.45, 7) is 2.68. The number of nitrogens with one attached hydrogen (secondary N) is 2. The van der Waals surface area contributed by atoms with E-state index in [1.54, 1.807) is 26.0 Å². The summed E-state index contributed by atoms with van der Waals surface area (Å²) in [6.07, 6.45) is 0.298. The van der Waals surface area contributed by atoms with Gasteiger partial charge in [-0.1, -0.05) is 54.1 Å². The van der Waals surface area contributed by atoms with Crippen LogP contribution in [0, 0.1) is 6.92 Å². The number of para-hydroxylation sites is 1. The highest BCUT2D eigenvalue weighted by Crippen LogP contribution is 2.37. The van der Waals surface area contributed by atoms with Crippen LogP contribution < -0.4 is 14.8 Å². The van der Waals surface area contributed by atoms with Crippen LogP contribution in [0.15, 0.2) is 71.6 Å². The van der Waals surface area contributed by atoms with E-state index in [1.165, 1.54) is 15.8 Å². The minimum Gasteiger partial charge on any atom is -0.493 e. The number of rotatable bonds is 9. The fourth-order valence-electron chi connectivity index (χ4n) is 3.77. The summed E-state index contributed by atoms with van der Waals surface area (Å²) in [5.41, 5.74) is 5.53. The van der Waals surface area contributed by atoms with E-state index in [4.69, 9.17) is 9.47 Å². The second kappa shape index (κ2) is 10.5. The Morgan fingerprint density at radius 3 is 2.48 bits per heavy atom. The van der Waals surface area contributed by atoms with E-state index in [-0.39, 0.29) is 5.91 Å². The van der Waals surface area contributed by atoms with Gasteiger partial charge in [0.15, 0.2) is 11.5 Å². The standard InChI is InChI=1S/C27H28N2O3S/c1-18-8-11-20(12-9-18)26-27(21-6-4-5-7-22(21)29-26)33-15-14-28-25(30)17-19-10-13-23(31-2)24(16-19)32-3/h4-13,16,29H,14-15,17H2,1-3H3,(H,28,30). The molecule has 5 nitrogen and oxygen atoms in total. The van der Waals surface area contributed by atoms with Gasteiger partial charge >= 0.3 is 0 Å². The van der Waals surface area contributed by atoms with Crippen LogP contribution in [0.25, 0.3) is 22.2 Å². The number of hydrogen-bond acceptors (Lipinski definition) is 4. The van der Waals surface area contributed by atoms with E-state index in [9.17, 15) is 4.79 Å². The van der Waals surface area contributed by atoms with Gasteiger partial charge in [-0.2, -0.15) is 0 Å². The Morgan fingerprint density at radius 2 is 1.73 bits per heavy atom. The Bertz CT molecular complexity index is 1250. The molecule has 1 amide bonds. The Balaban J connectivity index is 1.40. The normalized spacial score (nSPS) is 10.9. The highest BCUT2D eigenvalue weighted by molar-refractivity contribution is 7.99. The molecule has 2 N–H and O–H groups in total. The number of hydrogen-bond donors (Lipinski definition) is 2. The fraction of sp³-hybridized carbons (Fsp3) is 0.222. The lowest BCUT2D eigenvalue weighted by atomic mass is 10.1. The third-order valence-electron chi connectivity index (χ3n) is 5.48. The highest BCUT2D eigenvalue weighted by Gasteiger charge is 2.14. The summed E-state index contributed by atoms with van der Waals surface area (Å²) < 4.78 is 10.6. The van der Waals surface area contributed by atoms with E-state index in [0.29, 0.717) is 24.5 Å². The second-order valence-electron chi connectivity index (χ2n) is 7.81. The largest absolute Gasteiger partial charge is 0.493 e. The number of carbonyl (C=O) groups excluding carboxylic acids is 1.